The predicted octanol–water partition coefficient (Wildman–Crippen LogP) is 4.22. The van der Waals surface area contributed by atoms with Crippen LogP contribution in [0, 0.1) is 11.8 Å². The molecule has 2 aromatic rings. The topological polar surface area (TPSA) is 36.9 Å². The molecule has 0 fully saturated rings. The molecule has 4 nitrogen and oxygen atoms in total. The molecular weight excluding hydrogens is 328 g/mol. The van der Waals surface area contributed by atoms with Crippen molar-refractivity contribution in [3.63, 3.8) is 0 Å². The molecule has 0 aliphatic rings. The second kappa shape index (κ2) is 12.0. The molecule has 2 aromatic carbocycles. The van der Waals surface area contributed by atoms with E-state index < -0.39 is 0 Å². The van der Waals surface area contributed by atoms with E-state index in [0.717, 1.165) is 35.5 Å². The number of hydrogen-bond donors (Lipinski definition) is 0. The van der Waals surface area contributed by atoms with E-state index in [0.29, 0.717) is 26.4 Å². The Morgan fingerprint density at radius 3 is 1.35 bits per heavy atom. The zero-order chi connectivity index (χ0) is 18.5. The third kappa shape index (κ3) is 7.60. The normalized spacial score (nSPS) is 10.1. The van der Waals surface area contributed by atoms with Gasteiger partial charge in [-0.25, -0.2) is 0 Å². The van der Waals surface area contributed by atoms with Gasteiger partial charge in [-0.3, -0.25) is 0 Å². The summed E-state index contributed by atoms with van der Waals surface area (Å²) in [6, 6.07) is 15.8. The molecule has 0 heterocycles. The molecule has 0 spiro atoms. The maximum atomic E-state index is 5.61. The molecule has 26 heavy (non-hydrogen) atoms. The molecule has 138 valence electrons. The molecule has 0 atom stereocenters. The van der Waals surface area contributed by atoms with Gasteiger partial charge in [0, 0.05) is 12.8 Å². The summed E-state index contributed by atoms with van der Waals surface area (Å²) in [5.41, 5.74) is 2.26. The fourth-order valence-corrected chi connectivity index (χ4v) is 2.25. The third-order valence-electron chi connectivity index (χ3n) is 3.72. The summed E-state index contributed by atoms with van der Waals surface area (Å²) in [5, 5.41) is 0. The lowest BCUT2D eigenvalue weighted by atomic mass is 10.2. The maximum Gasteiger partial charge on any atom is 0.118 e. The first-order valence-electron chi connectivity index (χ1n) is 8.69. The molecule has 0 N–H and O–H groups in total. The van der Waals surface area contributed by atoms with Crippen LogP contribution in [0.25, 0.3) is 0 Å². The van der Waals surface area contributed by atoms with Gasteiger partial charge in [0.25, 0.3) is 0 Å². The highest BCUT2D eigenvalue weighted by Crippen LogP contribution is 2.12. The summed E-state index contributed by atoms with van der Waals surface area (Å²) >= 11 is 0. The van der Waals surface area contributed by atoms with Gasteiger partial charge >= 0.3 is 0 Å². The minimum absolute atomic E-state index is 0.594. The van der Waals surface area contributed by atoms with Crippen molar-refractivity contribution in [3.8, 4) is 23.3 Å². The van der Waals surface area contributed by atoms with E-state index in [4.69, 9.17) is 18.9 Å². The van der Waals surface area contributed by atoms with Crippen molar-refractivity contribution in [2.45, 2.75) is 26.1 Å². The van der Waals surface area contributed by atoms with Gasteiger partial charge in [-0.05, 0) is 35.4 Å². The monoisotopic (exact) mass is 354 g/mol. The standard InChI is InChI=1S/C22H26O4/c1-23-21-11-7-19(8-12-21)17-25-15-5-3-4-6-16-26-18-20-9-13-22(24-2)14-10-20/h7-14H,5-6,15-18H2,1-2H3. The molecule has 0 aromatic heterocycles. The Morgan fingerprint density at radius 2 is 1.00 bits per heavy atom. The van der Waals surface area contributed by atoms with Crippen LogP contribution in [0.3, 0.4) is 0 Å². The molecule has 0 radical (unpaired) electrons. The van der Waals surface area contributed by atoms with Crippen molar-refractivity contribution in [2.75, 3.05) is 27.4 Å². The molecule has 2 rings (SSSR count). The number of ether oxygens (including phenoxy) is 4. The number of hydrogen-bond acceptors (Lipinski definition) is 4. The van der Waals surface area contributed by atoms with Crippen LogP contribution in [0.5, 0.6) is 11.5 Å². The quantitative estimate of drug-likeness (QED) is 0.473. The van der Waals surface area contributed by atoms with E-state index in [1.165, 1.54) is 0 Å². The van der Waals surface area contributed by atoms with Gasteiger partial charge in [-0.15, -0.1) is 11.8 Å². The van der Waals surface area contributed by atoms with Crippen LogP contribution in [0.2, 0.25) is 0 Å². The molecule has 0 saturated heterocycles. The van der Waals surface area contributed by atoms with Gasteiger partial charge in [-0.1, -0.05) is 24.3 Å². The van der Waals surface area contributed by atoms with Gasteiger partial charge in [0.1, 0.15) is 11.5 Å². The highest BCUT2D eigenvalue weighted by atomic mass is 16.5. The Balaban J connectivity index is 1.49. The second-order valence-corrected chi connectivity index (χ2v) is 5.65. The van der Waals surface area contributed by atoms with Crippen molar-refractivity contribution in [1.82, 2.24) is 0 Å². The first kappa shape index (κ1) is 19.8. The lowest BCUT2D eigenvalue weighted by Gasteiger charge is -2.04. The van der Waals surface area contributed by atoms with Crippen LogP contribution in [-0.2, 0) is 22.7 Å². The van der Waals surface area contributed by atoms with Gasteiger partial charge in [-0.2, -0.15) is 0 Å². The summed E-state index contributed by atoms with van der Waals surface area (Å²) in [6.07, 6.45) is 1.46. The Kier molecular flexibility index (Phi) is 9.13. The van der Waals surface area contributed by atoms with Crippen molar-refractivity contribution in [3.05, 3.63) is 59.7 Å². The van der Waals surface area contributed by atoms with Gasteiger partial charge in [0.05, 0.1) is 40.6 Å². The van der Waals surface area contributed by atoms with Gasteiger partial charge in [0.2, 0.25) is 0 Å². The third-order valence-corrected chi connectivity index (χ3v) is 3.72. The minimum atomic E-state index is 0.594. The summed E-state index contributed by atoms with van der Waals surface area (Å²) in [6.45, 7) is 2.45. The summed E-state index contributed by atoms with van der Waals surface area (Å²) in [4.78, 5) is 0. The van der Waals surface area contributed by atoms with Crippen molar-refractivity contribution in [1.29, 1.82) is 0 Å². The number of rotatable bonds is 10. The lowest BCUT2D eigenvalue weighted by Crippen LogP contribution is -1.95. The molecule has 0 unspecified atom stereocenters. The summed E-state index contributed by atoms with van der Waals surface area (Å²) in [5.74, 6) is 7.94. The van der Waals surface area contributed by atoms with Crippen LogP contribution < -0.4 is 9.47 Å². The van der Waals surface area contributed by atoms with E-state index in [1.807, 2.05) is 48.5 Å². The smallest absolute Gasteiger partial charge is 0.118 e. The fraction of sp³-hybridized carbons (Fsp3) is 0.364. The van der Waals surface area contributed by atoms with Crippen molar-refractivity contribution < 1.29 is 18.9 Å². The van der Waals surface area contributed by atoms with Gasteiger partial charge < -0.3 is 18.9 Å². The predicted molar refractivity (Wildman–Crippen MR) is 102 cm³/mol. The van der Waals surface area contributed by atoms with Crippen LogP contribution in [0.4, 0.5) is 0 Å². The fourth-order valence-electron chi connectivity index (χ4n) is 2.25. The van der Waals surface area contributed by atoms with E-state index in [1.54, 1.807) is 14.2 Å². The zero-order valence-electron chi connectivity index (χ0n) is 15.5. The Bertz CT molecular complexity index is 621. The Hall–Kier alpha value is -2.48. The van der Waals surface area contributed by atoms with Crippen LogP contribution in [-0.4, -0.2) is 27.4 Å². The molecule has 0 aliphatic heterocycles. The van der Waals surface area contributed by atoms with Gasteiger partial charge in [0.15, 0.2) is 0 Å². The van der Waals surface area contributed by atoms with Crippen molar-refractivity contribution >= 4 is 0 Å². The summed E-state index contributed by atoms with van der Waals surface area (Å²) in [7, 11) is 3.32. The first-order chi connectivity index (χ1) is 12.8. The SMILES string of the molecule is COc1ccc(COCCC#CCCOCc2ccc(OC)cc2)cc1. The van der Waals surface area contributed by atoms with E-state index in [-0.39, 0.29) is 0 Å². The minimum Gasteiger partial charge on any atom is -0.497 e. The Labute approximate surface area is 156 Å². The molecular formula is C22H26O4. The second-order valence-electron chi connectivity index (χ2n) is 5.65. The van der Waals surface area contributed by atoms with Crippen LogP contribution in [0.1, 0.15) is 24.0 Å². The number of benzene rings is 2. The zero-order valence-corrected chi connectivity index (χ0v) is 15.5. The first-order valence-corrected chi connectivity index (χ1v) is 8.69. The van der Waals surface area contributed by atoms with E-state index in [9.17, 15) is 0 Å². The van der Waals surface area contributed by atoms with Crippen LogP contribution >= 0.6 is 0 Å². The lowest BCUT2D eigenvalue weighted by molar-refractivity contribution is 0.125. The number of methoxy groups -OCH3 is 2. The highest BCUT2D eigenvalue weighted by molar-refractivity contribution is 5.27. The van der Waals surface area contributed by atoms with Crippen molar-refractivity contribution in [2.24, 2.45) is 0 Å². The van der Waals surface area contributed by atoms with E-state index in [2.05, 4.69) is 11.8 Å². The molecule has 0 saturated carbocycles. The average molecular weight is 354 g/mol. The molecule has 0 aliphatic carbocycles. The largest absolute Gasteiger partial charge is 0.497 e. The molecule has 0 bridgehead atoms. The summed E-state index contributed by atoms with van der Waals surface area (Å²) < 4.78 is 21.5. The van der Waals surface area contributed by atoms with E-state index >= 15 is 0 Å². The highest BCUT2D eigenvalue weighted by Gasteiger charge is 1.95. The Morgan fingerprint density at radius 1 is 0.615 bits per heavy atom. The maximum absolute atomic E-state index is 5.61. The van der Waals surface area contributed by atoms with Crippen LogP contribution in [0.15, 0.2) is 48.5 Å². The average Bonchev–Trinajstić information content (AvgIpc) is 2.70. The molecule has 4 heteroatoms. The molecule has 0 amide bonds.